The van der Waals surface area contributed by atoms with Gasteiger partial charge in [0.05, 0.1) is 0 Å². The van der Waals surface area contributed by atoms with E-state index in [1.807, 2.05) is 60.7 Å². The lowest BCUT2D eigenvalue weighted by atomic mass is 10.2. The number of hydrogen-bond acceptors (Lipinski definition) is 4. The number of aryl methyl sites for hydroxylation is 1. The maximum Gasteiger partial charge on any atom is 0.275 e. The molecule has 134 valence electrons. The molecular formula is C20H17N5O2. The highest BCUT2D eigenvalue weighted by atomic mass is 16.2. The number of carbonyl (C=O) groups is 1. The number of hydrogen-bond donors (Lipinski definition) is 1. The number of nitrogens with one attached hydrogen (secondary N) is 1. The molecule has 4 rings (SSSR count). The Kier molecular flexibility index (Phi) is 4.25. The van der Waals surface area contributed by atoms with Crippen molar-refractivity contribution in [1.82, 2.24) is 19.2 Å². The van der Waals surface area contributed by atoms with E-state index in [1.54, 1.807) is 11.5 Å². The third-order valence-corrected chi connectivity index (χ3v) is 4.19. The molecule has 0 bridgehead atoms. The van der Waals surface area contributed by atoms with Crippen LogP contribution in [0.1, 0.15) is 5.69 Å². The van der Waals surface area contributed by atoms with E-state index in [0.29, 0.717) is 23.0 Å². The lowest BCUT2D eigenvalue weighted by Gasteiger charge is -2.11. The van der Waals surface area contributed by atoms with E-state index in [4.69, 9.17) is 0 Å². The summed E-state index contributed by atoms with van der Waals surface area (Å²) in [6, 6.07) is 20.1. The fourth-order valence-corrected chi connectivity index (χ4v) is 2.87. The van der Waals surface area contributed by atoms with Crippen molar-refractivity contribution in [1.29, 1.82) is 0 Å². The Morgan fingerprint density at radius 1 is 1.04 bits per heavy atom. The third-order valence-electron chi connectivity index (χ3n) is 4.19. The molecule has 0 unspecified atom stereocenters. The van der Waals surface area contributed by atoms with Gasteiger partial charge in [-0.15, -0.1) is 5.10 Å². The summed E-state index contributed by atoms with van der Waals surface area (Å²) in [6.45, 7) is 1.80. The molecule has 0 fully saturated rings. The fourth-order valence-electron chi connectivity index (χ4n) is 2.87. The number of aromatic nitrogens is 4. The first kappa shape index (κ1) is 16.7. The molecule has 0 saturated carbocycles. The minimum absolute atomic E-state index is 0.0252. The highest BCUT2D eigenvalue weighted by Gasteiger charge is 2.15. The standard InChI is InChI=1S/C20H17N5O2/c1-14-12-18(27)25-20(22-19(23-25)15-8-4-2-5-9-15)24(14)13-17(26)21-16-10-6-3-7-11-16/h2-12H,13H2,1H3,(H,21,26). The van der Waals surface area contributed by atoms with Gasteiger partial charge in [0.1, 0.15) is 6.54 Å². The molecule has 1 N–H and O–H groups in total. The van der Waals surface area contributed by atoms with Gasteiger partial charge in [-0.2, -0.15) is 9.50 Å². The van der Waals surface area contributed by atoms with Crippen LogP contribution >= 0.6 is 0 Å². The Bertz CT molecular complexity index is 1160. The molecule has 7 heteroatoms. The lowest BCUT2D eigenvalue weighted by Crippen LogP contribution is -2.25. The van der Waals surface area contributed by atoms with Crippen LogP contribution in [0, 0.1) is 6.92 Å². The molecule has 0 aliphatic carbocycles. The first-order valence-electron chi connectivity index (χ1n) is 8.49. The van der Waals surface area contributed by atoms with Crippen LogP contribution in [0.4, 0.5) is 5.69 Å². The van der Waals surface area contributed by atoms with Gasteiger partial charge >= 0.3 is 0 Å². The Morgan fingerprint density at radius 3 is 2.41 bits per heavy atom. The van der Waals surface area contributed by atoms with Crippen molar-refractivity contribution in [3.05, 3.63) is 82.8 Å². The van der Waals surface area contributed by atoms with Crippen LogP contribution < -0.4 is 10.9 Å². The molecule has 27 heavy (non-hydrogen) atoms. The summed E-state index contributed by atoms with van der Waals surface area (Å²) in [7, 11) is 0. The summed E-state index contributed by atoms with van der Waals surface area (Å²) >= 11 is 0. The molecular weight excluding hydrogens is 342 g/mol. The van der Waals surface area contributed by atoms with Crippen molar-refractivity contribution >= 4 is 17.4 Å². The Morgan fingerprint density at radius 2 is 1.70 bits per heavy atom. The summed E-state index contributed by atoms with van der Waals surface area (Å²) in [5.41, 5.74) is 1.88. The van der Waals surface area contributed by atoms with Crippen molar-refractivity contribution in [3.63, 3.8) is 0 Å². The highest BCUT2D eigenvalue weighted by Crippen LogP contribution is 2.15. The van der Waals surface area contributed by atoms with E-state index in [2.05, 4.69) is 15.4 Å². The van der Waals surface area contributed by atoms with E-state index in [1.165, 1.54) is 10.6 Å². The molecule has 2 heterocycles. The van der Waals surface area contributed by atoms with Gasteiger partial charge in [-0.1, -0.05) is 48.5 Å². The van der Waals surface area contributed by atoms with Crippen LogP contribution in [-0.2, 0) is 11.3 Å². The second-order valence-corrected chi connectivity index (χ2v) is 6.14. The first-order valence-corrected chi connectivity index (χ1v) is 8.49. The summed E-state index contributed by atoms with van der Waals surface area (Å²) in [5.74, 6) is 0.566. The van der Waals surface area contributed by atoms with Crippen molar-refractivity contribution in [3.8, 4) is 11.4 Å². The Balaban J connectivity index is 1.73. The van der Waals surface area contributed by atoms with Crippen molar-refractivity contribution in [2.75, 3.05) is 5.32 Å². The van der Waals surface area contributed by atoms with E-state index >= 15 is 0 Å². The number of nitrogens with zero attached hydrogens (tertiary/aromatic N) is 4. The minimum atomic E-state index is -0.281. The van der Waals surface area contributed by atoms with Crippen LogP contribution in [0.2, 0.25) is 0 Å². The van der Waals surface area contributed by atoms with Gasteiger partial charge in [0, 0.05) is 23.0 Å². The van der Waals surface area contributed by atoms with Gasteiger partial charge in [0.2, 0.25) is 11.7 Å². The van der Waals surface area contributed by atoms with Crippen LogP contribution in [0.3, 0.4) is 0 Å². The Labute approximate surface area is 154 Å². The van der Waals surface area contributed by atoms with Gasteiger partial charge in [0.15, 0.2) is 5.82 Å². The zero-order valence-electron chi connectivity index (χ0n) is 14.7. The van der Waals surface area contributed by atoms with Gasteiger partial charge in [-0.3, -0.25) is 9.59 Å². The van der Waals surface area contributed by atoms with Gasteiger partial charge in [-0.05, 0) is 19.1 Å². The molecule has 4 aromatic rings. The molecule has 2 aromatic heterocycles. The molecule has 7 nitrogen and oxygen atoms in total. The number of fused-ring (bicyclic) bond motifs is 1. The lowest BCUT2D eigenvalue weighted by molar-refractivity contribution is -0.116. The van der Waals surface area contributed by atoms with E-state index in [0.717, 1.165) is 5.56 Å². The zero-order chi connectivity index (χ0) is 18.8. The molecule has 2 aromatic carbocycles. The van der Waals surface area contributed by atoms with E-state index in [9.17, 15) is 9.59 Å². The van der Waals surface area contributed by atoms with E-state index < -0.39 is 0 Å². The maximum absolute atomic E-state index is 12.5. The number of para-hydroxylation sites is 1. The number of anilines is 1. The van der Waals surface area contributed by atoms with Gasteiger partial charge < -0.3 is 9.88 Å². The molecule has 0 atom stereocenters. The first-order chi connectivity index (χ1) is 13.1. The number of carbonyl (C=O) groups excluding carboxylic acids is 1. The monoisotopic (exact) mass is 359 g/mol. The number of benzene rings is 2. The van der Waals surface area contributed by atoms with Crippen LogP contribution in [0.15, 0.2) is 71.5 Å². The summed E-state index contributed by atoms with van der Waals surface area (Å²) in [6.07, 6.45) is 0. The van der Waals surface area contributed by atoms with Crippen molar-refractivity contribution in [2.45, 2.75) is 13.5 Å². The zero-order valence-corrected chi connectivity index (χ0v) is 14.7. The molecule has 0 radical (unpaired) electrons. The summed E-state index contributed by atoms with van der Waals surface area (Å²) < 4.78 is 2.91. The highest BCUT2D eigenvalue weighted by molar-refractivity contribution is 5.90. The quantitative estimate of drug-likeness (QED) is 0.607. The topological polar surface area (TPSA) is 81.3 Å². The largest absolute Gasteiger partial charge is 0.325 e. The molecule has 0 saturated heterocycles. The Hall–Kier alpha value is -3.74. The average molecular weight is 359 g/mol. The van der Waals surface area contributed by atoms with Crippen LogP contribution in [0.25, 0.3) is 17.2 Å². The molecule has 0 aliphatic rings. The second kappa shape index (κ2) is 6.87. The predicted molar refractivity (Wildman–Crippen MR) is 102 cm³/mol. The molecule has 0 spiro atoms. The number of amides is 1. The van der Waals surface area contributed by atoms with Crippen LogP contribution in [-0.4, -0.2) is 25.1 Å². The minimum Gasteiger partial charge on any atom is -0.325 e. The smallest absolute Gasteiger partial charge is 0.275 e. The molecule has 0 aliphatic heterocycles. The number of rotatable bonds is 4. The van der Waals surface area contributed by atoms with Crippen LogP contribution in [0.5, 0.6) is 0 Å². The summed E-state index contributed by atoms with van der Waals surface area (Å²) in [5, 5.41) is 7.16. The molecule has 1 amide bonds. The fraction of sp³-hybridized carbons (Fsp3) is 0.100. The van der Waals surface area contributed by atoms with Crippen molar-refractivity contribution < 1.29 is 4.79 Å². The summed E-state index contributed by atoms with van der Waals surface area (Å²) in [4.78, 5) is 29.3. The van der Waals surface area contributed by atoms with Gasteiger partial charge in [-0.25, -0.2) is 0 Å². The average Bonchev–Trinajstić information content (AvgIpc) is 3.13. The van der Waals surface area contributed by atoms with Crippen molar-refractivity contribution in [2.24, 2.45) is 0 Å². The van der Waals surface area contributed by atoms with E-state index in [-0.39, 0.29) is 18.0 Å². The maximum atomic E-state index is 12.5. The normalized spacial score (nSPS) is 10.9. The van der Waals surface area contributed by atoms with Gasteiger partial charge in [0.25, 0.3) is 5.56 Å². The SMILES string of the molecule is Cc1cc(=O)n2nc(-c3ccccc3)nc2n1CC(=O)Nc1ccccc1. The predicted octanol–water partition coefficient (Wildman–Crippen LogP) is 2.51. The third kappa shape index (κ3) is 3.35. The second-order valence-electron chi connectivity index (χ2n) is 6.14.